The summed E-state index contributed by atoms with van der Waals surface area (Å²) in [6, 6.07) is 15.8. The molecule has 0 unspecified atom stereocenters. The average Bonchev–Trinajstić information content (AvgIpc) is 3.09. The highest BCUT2D eigenvalue weighted by molar-refractivity contribution is 14.0. The number of rotatable bonds is 6. The third-order valence-corrected chi connectivity index (χ3v) is 3.79. The lowest BCUT2D eigenvalue weighted by Gasteiger charge is -2.11. The van der Waals surface area contributed by atoms with Crippen LogP contribution in [0.25, 0.3) is 11.4 Å². The molecule has 0 spiro atoms. The molecule has 0 aliphatic heterocycles. The van der Waals surface area contributed by atoms with Crippen molar-refractivity contribution in [2.45, 2.75) is 20.1 Å². The van der Waals surface area contributed by atoms with E-state index in [1.165, 1.54) is 0 Å². The number of aliphatic imine (C=N–C) groups is 1. The number of ether oxygens (including phenoxy) is 1. The summed E-state index contributed by atoms with van der Waals surface area (Å²) < 4.78 is 5.20. The van der Waals surface area contributed by atoms with Gasteiger partial charge in [-0.2, -0.15) is 5.10 Å². The molecule has 1 heterocycles. The number of guanidine groups is 1. The molecule has 0 aliphatic carbocycles. The topological polar surface area (TPSA) is 101 Å². The first kappa shape index (κ1) is 20.8. The Morgan fingerprint density at radius 3 is 2.78 bits per heavy atom. The van der Waals surface area contributed by atoms with Gasteiger partial charge in [0.1, 0.15) is 5.82 Å². The first-order valence-corrected chi connectivity index (χ1v) is 8.28. The number of methoxy groups -OCH3 is 1. The monoisotopic (exact) mass is 478 g/mol. The van der Waals surface area contributed by atoms with Crippen molar-refractivity contribution >= 4 is 35.6 Å². The van der Waals surface area contributed by atoms with Crippen molar-refractivity contribution in [2.24, 2.45) is 10.7 Å². The maximum absolute atomic E-state index is 6.04. The molecule has 0 bridgehead atoms. The first-order chi connectivity index (χ1) is 12.7. The molecular weight excluding hydrogens is 455 g/mol. The highest BCUT2D eigenvalue weighted by Gasteiger charge is 2.05. The van der Waals surface area contributed by atoms with Gasteiger partial charge in [0.2, 0.25) is 0 Å². The Balaban J connectivity index is 0.00000261. The van der Waals surface area contributed by atoms with E-state index >= 15 is 0 Å². The summed E-state index contributed by atoms with van der Waals surface area (Å²) in [5, 5.41) is 10.2. The molecular formula is C19H23IN6O. The second-order valence-electron chi connectivity index (χ2n) is 5.86. The van der Waals surface area contributed by atoms with Crippen molar-refractivity contribution in [3.63, 3.8) is 0 Å². The van der Waals surface area contributed by atoms with E-state index in [0.717, 1.165) is 28.2 Å². The van der Waals surface area contributed by atoms with Crippen LogP contribution in [0, 0.1) is 6.92 Å². The molecule has 0 fully saturated rings. The van der Waals surface area contributed by atoms with E-state index in [0.29, 0.717) is 24.9 Å². The lowest BCUT2D eigenvalue weighted by Crippen LogP contribution is -2.23. The Kier molecular flexibility index (Phi) is 7.74. The van der Waals surface area contributed by atoms with Crippen LogP contribution >= 0.6 is 24.0 Å². The molecule has 0 amide bonds. The van der Waals surface area contributed by atoms with Gasteiger partial charge in [-0.05, 0) is 24.6 Å². The quantitative estimate of drug-likeness (QED) is 0.286. The van der Waals surface area contributed by atoms with Crippen LogP contribution in [0.15, 0.2) is 53.5 Å². The Bertz CT molecular complexity index is 908. The van der Waals surface area contributed by atoms with Crippen molar-refractivity contribution in [3.05, 3.63) is 65.5 Å². The van der Waals surface area contributed by atoms with E-state index in [4.69, 9.17) is 10.5 Å². The number of H-pyrrole nitrogens is 1. The number of nitrogens with one attached hydrogen (secondary N) is 2. The summed E-state index contributed by atoms with van der Waals surface area (Å²) in [5.74, 6) is 1.81. The molecule has 1 aromatic heterocycles. The molecule has 27 heavy (non-hydrogen) atoms. The second-order valence-corrected chi connectivity index (χ2v) is 5.86. The van der Waals surface area contributed by atoms with Gasteiger partial charge >= 0.3 is 0 Å². The van der Waals surface area contributed by atoms with Crippen molar-refractivity contribution < 1.29 is 4.74 Å². The molecule has 4 N–H and O–H groups in total. The fourth-order valence-electron chi connectivity index (χ4n) is 2.56. The van der Waals surface area contributed by atoms with Gasteiger partial charge in [0.25, 0.3) is 0 Å². The molecule has 142 valence electrons. The van der Waals surface area contributed by atoms with E-state index in [1.54, 1.807) is 7.11 Å². The van der Waals surface area contributed by atoms with Crippen LogP contribution in [0.2, 0.25) is 0 Å². The molecule has 0 aliphatic rings. The predicted octanol–water partition coefficient (Wildman–Crippen LogP) is 3.47. The summed E-state index contributed by atoms with van der Waals surface area (Å²) in [4.78, 5) is 8.77. The zero-order valence-electron chi connectivity index (χ0n) is 15.3. The van der Waals surface area contributed by atoms with Gasteiger partial charge in [0.05, 0.1) is 13.2 Å². The number of anilines is 1. The second kappa shape index (κ2) is 10.0. The Morgan fingerprint density at radius 1 is 1.22 bits per heavy atom. The van der Waals surface area contributed by atoms with E-state index < -0.39 is 0 Å². The number of hydrogen-bond acceptors (Lipinski definition) is 4. The third-order valence-electron chi connectivity index (χ3n) is 3.79. The van der Waals surface area contributed by atoms with Gasteiger partial charge < -0.3 is 15.8 Å². The molecule has 0 radical (unpaired) electrons. The summed E-state index contributed by atoms with van der Waals surface area (Å²) in [6.07, 6.45) is 0. The van der Waals surface area contributed by atoms with Gasteiger partial charge in [-0.3, -0.25) is 5.10 Å². The molecule has 2 aromatic carbocycles. The smallest absolute Gasteiger partial charge is 0.193 e. The summed E-state index contributed by atoms with van der Waals surface area (Å²) in [6.45, 7) is 2.84. The average molecular weight is 478 g/mol. The number of benzene rings is 2. The van der Waals surface area contributed by atoms with E-state index in [2.05, 4.69) is 25.5 Å². The number of hydrogen-bond donors (Lipinski definition) is 3. The molecule has 0 atom stereocenters. The maximum Gasteiger partial charge on any atom is 0.193 e. The maximum atomic E-state index is 6.04. The SMILES string of the molecule is COCc1ccccc1NC(N)=NCc1cccc(-c2n[nH]c(C)n2)c1.I. The van der Waals surface area contributed by atoms with Crippen molar-refractivity contribution in [3.8, 4) is 11.4 Å². The van der Waals surface area contributed by atoms with Crippen LogP contribution in [0.3, 0.4) is 0 Å². The van der Waals surface area contributed by atoms with E-state index in [-0.39, 0.29) is 24.0 Å². The number of aryl methyl sites for hydroxylation is 1. The molecule has 3 rings (SSSR count). The number of nitrogens with zero attached hydrogens (tertiary/aromatic N) is 3. The zero-order chi connectivity index (χ0) is 18.4. The highest BCUT2D eigenvalue weighted by Crippen LogP contribution is 2.18. The van der Waals surface area contributed by atoms with Crippen LogP contribution in [0.4, 0.5) is 5.69 Å². The van der Waals surface area contributed by atoms with Gasteiger partial charge in [-0.1, -0.05) is 36.4 Å². The van der Waals surface area contributed by atoms with Crippen molar-refractivity contribution in [1.82, 2.24) is 15.2 Å². The van der Waals surface area contributed by atoms with E-state index in [9.17, 15) is 0 Å². The fraction of sp³-hybridized carbons (Fsp3) is 0.211. The fourth-order valence-corrected chi connectivity index (χ4v) is 2.56. The number of aromatic amines is 1. The molecule has 0 saturated heterocycles. The van der Waals surface area contributed by atoms with E-state index in [1.807, 2.05) is 55.5 Å². The summed E-state index contributed by atoms with van der Waals surface area (Å²) in [5.41, 5.74) is 9.92. The van der Waals surface area contributed by atoms with Crippen LogP contribution in [-0.2, 0) is 17.9 Å². The minimum atomic E-state index is 0. The predicted molar refractivity (Wildman–Crippen MR) is 118 cm³/mol. The van der Waals surface area contributed by atoms with Gasteiger partial charge in [-0.15, -0.1) is 24.0 Å². The van der Waals surface area contributed by atoms with Crippen LogP contribution in [0.5, 0.6) is 0 Å². The summed E-state index contributed by atoms with van der Waals surface area (Å²) in [7, 11) is 1.66. The molecule has 7 nitrogen and oxygen atoms in total. The lowest BCUT2D eigenvalue weighted by atomic mass is 10.1. The number of para-hydroxylation sites is 1. The molecule has 8 heteroatoms. The van der Waals surface area contributed by atoms with Crippen LogP contribution in [0.1, 0.15) is 17.0 Å². The standard InChI is InChI=1S/C19H22N6O.HI/c1-13-22-18(25-24-13)15-8-5-6-14(10-15)11-21-19(20)23-17-9-4-3-7-16(17)12-26-2;/h3-10H,11-12H2,1-2H3,(H3,20,21,23)(H,22,24,25);1H. The minimum Gasteiger partial charge on any atom is -0.380 e. The van der Waals surface area contributed by atoms with Gasteiger partial charge in [0, 0.05) is 23.9 Å². The lowest BCUT2D eigenvalue weighted by molar-refractivity contribution is 0.185. The van der Waals surface area contributed by atoms with Crippen molar-refractivity contribution in [2.75, 3.05) is 12.4 Å². The Morgan fingerprint density at radius 2 is 2.04 bits per heavy atom. The number of aromatic nitrogens is 3. The minimum absolute atomic E-state index is 0. The number of nitrogens with two attached hydrogens (primary N) is 1. The number of halogens is 1. The zero-order valence-corrected chi connectivity index (χ0v) is 17.6. The first-order valence-electron chi connectivity index (χ1n) is 8.28. The van der Waals surface area contributed by atoms with Gasteiger partial charge in [-0.25, -0.2) is 9.98 Å². The normalized spacial score (nSPS) is 11.1. The summed E-state index contributed by atoms with van der Waals surface area (Å²) >= 11 is 0. The van der Waals surface area contributed by atoms with Crippen LogP contribution in [-0.4, -0.2) is 28.3 Å². The van der Waals surface area contributed by atoms with Gasteiger partial charge in [0.15, 0.2) is 11.8 Å². The molecule has 3 aromatic rings. The van der Waals surface area contributed by atoms with Crippen LogP contribution < -0.4 is 11.1 Å². The Hall–Kier alpha value is -2.46. The molecule has 0 saturated carbocycles. The third kappa shape index (κ3) is 5.76. The largest absolute Gasteiger partial charge is 0.380 e. The highest BCUT2D eigenvalue weighted by atomic mass is 127. The van der Waals surface area contributed by atoms with Crippen molar-refractivity contribution in [1.29, 1.82) is 0 Å². The Labute approximate surface area is 175 Å².